The minimum absolute atomic E-state index is 0.187. The molecule has 3 N–H and O–H groups in total. The highest BCUT2D eigenvalue weighted by Gasteiger charge is 2.24. The summed E-state index contributed by atoms with van der Waals surface area (Å²) >= 11 is 0. The highest BCUT2D eigenvalue weighted by Crippen LogP contribution is 2.12. The maximum absolute atomic E-state index is 8.93. The number of rotatable bonds is 4. The van der Waals surface area contributed by atoms with Crippen LogP contribution in [0, 0.1) is 0 Å². The van der Waals surface area contributed by atoms with E-state index >= 15 is 0 Å². The van der Waals surface area contributed by atoms with E-state index in [0.29, 0.717) is 17.8 Å². The molecule has 2 rings (SSSR count). The van der Waals surface area contributed by atoms with Gasteiger partial charge in [0.2, 0.25) is 5.89 Å². The zero-order chi connectivity index (χ0) is 13.1. The predicted molar refractivity (Wildman–Crippen MR) is 65.9 cm³/mol. The first-order valence-electron chi connectivity index (χ1n) is 6.18. The maximum Gasteiger partial charge on any atom is 0.245 e. The van der Waals surface area contributed by atoms with Crippen LogP contribution in [0.3, 0.4) is 0 Å². The molecule has 1 aromatic heterocycles. The second kappa shape index (κ2) is 5.75. The third-order valence-corrected chi connectivity index (χ3v) is 3.40. The molecule has 0 aromatic carbocycles. The van der Waals surface area contributed by atoms with E-state index in [1.807, 2.05) is 0 Å². The number of nitrogens with zero attached hydrogens (tertiary/aromatic N) is 4. The Bertz CT molecular complexity index is 383. The van der Waals surface area contributed by atoms with Crippen molar-refractivity contribution in [2.45, 2.75) is 18.5 Å². The molecule has 1 aliphatic rings. The molecule has 7 nitrogen and oxygen atoms in total. The van der Waals surface area contributed by atoms with Crippen LogP contribution in [0.4, 0.5) is 0 Å². The summed E-state index contributed by atoms with van der Waals surface area (Å²) in [5.74, 6) is 0.959. The minimum atomic E-state index is -0.585. The molecule has 0 bridgehead atoms. The van der Waals surface area contributed by atoms with Gasteiger partial charge in [-0.25, -0.2) is 0 Å². The molecule has 0 amide bonds. The molecule has 2 heterocycles. The molecule has 0 saturated carbocycles. The molecule has 1 unspecified atom stereocenters. The Balaban J connectivity index is 1.98. The van der Waals surface area contributed by atoms with Gasteiger partial charge in [-0.1, -0.05) is 5.16 Å². The monoisotopic (exact) mass is 255 g/mol. The van der Waals surface area contributed by atoms with Crippen LogP contribution in [0.5, 0.6) is 0 Å². The summed E-state index contributed by atoms with van der Waals surface area (Å²) in [4.78, 5) is 8.83. The standard InChI is InChI=1S/C11H21N5O2/c1-15-3-4-16(2)8(6-15)5-10-13-11(18-14-10)9(12)7-17/h8-9,17H,3-7,12H2,1-2H3/t8?,9-/m0/s1. The Morgan fingerprint density at radius 3 is 3.00 bits per heavy atom. The van der Waals surface area contributed by atoms with Gasteiger partial charge < -0.3 is 25.2 Å². The number of nitrogens with two attached hydrogens (primary N) is 1. The van der Waals surface area contributed by atoms with E-state index < -0.39 is 6.04 Å². The van der Waals surface area contributed by atoms with E-state index in [0.717, 1.165) is 26.1 Å². The largest absolute Gasteiger partial charge is 0.394 e. The molecule has 0 aliphatic carbocycles. The minimum Gasteiger partial charge on any atom is -0.394 e. The smallest absolute Gasteiger partial charge is 0.245 e. The van der Waals surface area contributed by atoms with Crippen LogP contribution in [0.2, 0.25) is 0 Å². The summed E-state index contributed by atoms with van der Waals surface area (Å²) in [6, 6.07) is -0.197. The Morgan fingerprint density at radius 1 is 1.50 bits per heavy atom. The Morgan fingerprint density at radius 2 is 2.28 bits per heavy atom. The Labute approximate surface area is 107 Å². The number of likely N-dealkylation sites (N-methyl/N-ethyl adjacent to an activating group) is 2. The van der Waals surface area contributed by atoms with E-state index in [1.165, 1.54) is 0 Å². The van der Waals surface area contributed by atoms with Gasteiger partial charge in [0.1, 0.15) is 6.04 Å². The van der Waals surface area contributed by atoms with Crippen molar-refractivity contribution in [3.8, 4) is 0 Å². The fourth-order valence-corrected chi connectivity index (χ4v) is 2.11. The Kier molecular flexibility index (Phi) is 4.28. The van der Waals surface area contributed by atoms with Crippen molar-refractivity contribution in [2.24, 2.45) is 5.73 Å². The third kappa shape index (κ3) is 3.05. The summed E-state index contributed by atoms with van der Waals surface area (Å²) in [5.41, 5.74) is 5.63. The first-order valence-corrected chi connectivity index (χ1v) is 6.18. The van der Waals surface area contributed by atoms with Crippen molar-refractivity contribution in [3.05, 3.63) is 11.7 Å². The molecule has 2 atom stereocenters. The van der Waals surface area contributed by atoms with E-state index in [1.54, 1.807) is 0 Å². The van der Waals surface area contributed by atoms with Gasteiger partial charge >= 0.3 is 0 Å². The van der Waals surface area contributed by atoms with Crippen molar-refractivity contribution < 1.29 is 9.63 Å². The van der Waals surface area contributed by atoms with E-state index in [9.17, 15) is 0 Å². The molecule has 1 fully saturated rings. The molecule has 1 aliphatic heterocycles. The second-order valence-corrected chi connectivity index (χ2v) is 4.94. The Hall–Kier alpha value is -1.02. The van der Waals surface area contributed by atoms with Crippen LogP contribution in [0.15, 0.2) is 4.52 Å². The fourth-order valence-electron chi connectivity index (χ4n) is 2.11. The van der Waals surface area contributed by atoms with Crippen LogP contribution in [0.1, 0.15) is 17.8 Å². The first kappa shape index (κ1) is 13.4. The average molecular weight is 255 g/mol. The van der Waals surface area contributed by atoms with E-state index in [-0.39, 0.29) is 6.61 Å². The lowest BCUT2D eigenvalue weighted by Gasteiger charge is -2.37. The zero-order valence-electron chi connectivity index (χ0n) is 10.9. The van der Waals surface area contributed by atoms with Gasteiger partial charge in [0.15, 0.2) is 5.82 Å². The molecule has 1 aromatic rings. The summed E-state index contributed by atoms with van der Waals surface area (Å²) in [5, 5.41) is 12.8. The SMILES string of the molecule is CN1CCN(C)C(Cc2noc([C@@H](N)CO)n2)C1. The summed E-state index contributed by atoms with van der Waals surface area (Å²) in [6.07, 6.45) is 0.739. The molecular weight excluding hydrogens is 234 g/mol. The fraction of sp³-hybridized carbons (Fsp3) is 0.818. The summed E-state index contributed by atoms with van der Waals surface area (Å²) in [6.45, 7) is 2.93. The highest BCUT2D eigenvalue weighted by molar-refractivity contribution is 4.95. The maximum atomic E-state index is 8.93. The van der Waals surface area contributed by atoms with Gasteiger partial charge in [-0.3, -0.25) is 0 Å². The van der Waals surface area contributed by atoms with Crippen LogP contribution in [-0.2, 0) is 6.42 Å². The number of hydrogen-bond acceptors (Lipinski definition) is 7. The number of aliphatic hydroxyl groups excluding tert-OH is 1. The van der Waals surface area contributed by atoms with Crippen LogP contribution < -0.4 is 5.73 Å². The number of aromatic nitrogens is 2. The normalized spacial score (nSPS) is 24.3. The van der Waals surface area contributed by atoms with Gasteiger partial charge in [0, 0.05) is 32.1 Å². The van der Waals surface area contributed by atoms with Gasteiger partial charge in [0.25, 0.3) is 0 Å². The zero-order valence-corrected chi connectivity index (χ0v) is 10.9. The lowest BCUT2D eigenvalue weighted by atomic mass is 10.1. The molecule has 1 saturated heterocycles. The van der Waals surface area contributed by atoms with Gasteiger partial charge in [-0.2, -0.15) is 4.98 Å². The molecule has 0 spiro atoms. The van der Waals surface area contributed by atoms with Gasteiger partial charge in [-0.15, -0.1) is 0 Å². The summed E-state index contributed by atoms with van der Waals surface area (Å²) < 4.78 is 5.04. The molecule has 0 radical (unpaired) electrons. The molecular formula is C11H21N5O2. The topological polar surface area (TPSA) is 91.7 Å². The van der Waals surface area contributed by atoms with Crippen LogP contribution >= 0.6 is 0 Å². The number of piperazine rings is 1. The van der Waals surface area contributed by atoms with Crippen LogP contribution in [-0.4, -0.2) is 71.4 Å². The van der Waals surface area contributed by atoms with Crippen molar-refractivity contribution in [3.63, 3.8) is 0 Å². The average Bonchev–Trinajstić information content (AvgIpc) is 2.81. The van der Waals surface area contributed by atoms with Crippen molar-refractivity contribution in [2.75, 3.05) is 40.3 Å². The van der Waals surface area contributed by atoms with Crippen molar-refractivity contribution in [1.82, 2.24) is 19.9 Å². The van der Waals surface area contributed by atoms with E-state index in [2.05, 4.69) is 34.0 Å². The quantitative estimate of drug-likeness (QED) is 0.702. The van der Waals surface area contributed by atoms with E-state index in [4.69, 9.17) is 15.4 Å². The third-order valence-electron chi connectivity index (χ3n) is 3.40. The molecule has 102 valence electrons. The molecule has 7 heteroatoms. The first-order chi connectivity index (χ1) is 8.60. The highest BCUT2D eigenvalue weighted by atomic mass is 16.5. The lowest BCUT2D eigenvalue weighted by Crippen LogP contribution is -2.50. The summed E-state index contributed by atoms with van der Waals surface area (Å²) in [7, 11) is 4.22. The van der Waals surface area contributed by atoms with Crippen molar-refractivity contribution in [1.29, 1.82) is 0 Å². The number of hydrogen-bond donors (Lipinski definition) is 2. The lowest BCUT2D eigenvalue weighted by molar-refractivity contribution is 0.113. The second-order valence-electron chi connectivity index (χ2n) is 4.94. The van der Waals surface area contributed by atoms with Crippen molar-refractivity contribution >= 4 is 0 Å². The predicted octanol–water partition coefficient (Wildman–Crippen LogP) is -1.15. The molecule has 18 heavy (non-hydrogen) atoms. The van der Waals surface area contributed by atoms with Gasteiger partial charge in [0.05, 0.1) is 6.61 Å². The number of aliphatic hydroxyl groups is 1. The van der Waals surface area contributed by atoms with Gasteiger partial charge in [-0.05, 0) is 14.1 Å². The van der Waals surface area contributed by atoms with Crippen LogP contribution in [0.25, 0.3) is 0 Å².